The molecule has 0 radical (unpaired) electrons. The van der Waals surface area contributed by atoms with Gasteiger partial charge in [-0.15, -0.1) is 12.4 Å². The number of fused-ring (bicyclic) bond motifs is 1. The number of furan rings is 1. The summed E-state index contributed by atoms with van der Waals surface area (Å²) in [5.74, 6) is 0.115. The fourth-order valence-corrected chi connectivity index (χ4v) is 2.02. The minimum absolute atomic E-state index is 0. The van der Waals surface area contributed by atoms with Crippen LogP contribution in [0.25, 0.3) is 11.0 Å². The van der Waals surface area contributed by atoms with Gasteiger partial charge < -0.3 is 15.1 Å². The molecule has 1 aromatic carbocycles. The molecule has 0 atom stereocenters. The molecule has 1 heterocycles. The normalized spacial score (nSPS) is 10.3. The molecule has 2 aromatic rings. The number of para-hydroxylation sites is 1. The van der Waals surface area contributed by atoms with Crippen LogP contribution in [0, 0.1) is 6.92 Å². The zero-order chi connectivity index (χ0) is 13.1. The maximum atomic E-state index is 11.9. The molecule has 4 nitrogen and oxygen atoms in total. The molecule has 1 amide bonds. The minimum Gasteiger partial charge on any atom is -0.449 e. The molecule has 0 bridgehead atoms. The highest BCUT2D eigenvalue weighted by Crippen LogP contribution is 2.30. The number of hydrogen-bond donors (Lipinski definition) is 2. The van der Waals surface area contributed by atoms with E-state index in [4.69, 9.17) is 16.0 Å². The Morgan fingerprint density at radius 3 is 2.74 bits per heavy atom. The second-order valence-corrected chi connectivity index (χ2v) is 4.44. The number of nitrogens with one attached hydrogen (secondary N) is 2. The smallest absolute Gasteiger partial charge is 0.287 e. The first-order valence-corrected chi connectivity index (χ1v) is 6.13. The van der Waals surface area contributed by atoms with Crippen molar-refractivity contribution in [2.45, 2.75) is 6.92 Å². The molecule has 0 saturated heterocycles. The third-order valence-corrected chi connectivity index (χ3v) is 3.08. The quantitative estimate of drug-likeness (QED) is 0.854. The Hall–Kier alpha value is -1.23. The van der Waals surface area contributed by atoms with Crippen LogP contribution < -0.4 is 10.6 Å². The second-order valence-electron chi connectivity index (χ2n) is 4.03. The molecule has 6 heteroatoms. The summed E-state index contributed by atoms with van der Waals surface area (Å²) in [6.07, 6.45) is 0. The lowest BCUT2D eigenvalue weighted by Gasteiger charge is -2.02. The zero-order valence-electron chi connectivity index (χ0n) is 10.7. The van der Waals surface area contributed by atoms with Crippen molar-refractivity contribution in [2.24, 2.45) is 0 Å². The number of carbonyl (C=O) groups is 1. The van der Waals surface area contributed by atoms with Gasteiger partial charge in [0.1, 0.15) is 0 Å². The average molecular weight is 303 g/mol. The number of likely N-dealkylation sites (N-methyl/N-ethyl adjacent to an activating group) is 1. The van der Waals surface area contributed by atoms with Crippen molar-refractivity contribution < 1.29 is 9.21 Å². The fourth-order valence-electron chi connectivity index (χ4n) is 1.81. The van der Waals surface area contributed by atoms with Crippen molar-refractivity contribution >= 4 is 40.9 Å². The minimum atomic E-state index is -0.213. The van der Waals surface area contributed by atoms with Gasteiger partial charge in [-0.05, 0) is 20.0 Å². The third kappa shape index (κ3) is 3.21. The number of amides is 1. The fraction of sp³-hybridized carbons (Fsp3) is 0.308. The molecule has 0 unspecified atom stereocenters. The average Bonchev–Trinajstić information content (AvgIpc) is 2.69. The van der Waals surface area contributed by atoms with E-state index in [9.17, 15) is 4.79 Å². The first-order valence-electron chi connectivity index (χ1n) is 5.75. The Balaban J connectivity index is 0.00000180. The van der Waals surface area contributed by atoms with E-state index in [0.717, 1.165) is 10.9 Å². The highest BCUT2D eigenvalue weighted by molar-refractivity contribution is 6.35. The topological polar surface area (TPSA) is 54.3 Å². The number of benzene rings is 1. The summed E-state index contributed by atoms with van der Waals surface area (Å²) in [4.78, 5) is 11.9. The lowest BCUT2D eigenvalue weighted by atomic mass is 10.1. The molecule has 0 aliphatic rings. The van der Waals surface area contributed by atoms with Crippen molar-refractivity contribution in [1.29, 1.82) is 0 Å². The molecule has 2 N–H and O–H groups in total. The van der Waals surface area contributed by atoms with Gasteiger partial charge in [0.2, 0.25) is 0 Å². The van der Waals surface area contributed by atoms with Crippen LogP contribution in [0.3, 0.4) is 0 Å². The highest BCUT2D eigenvalue weighted by atomic mass is 35.5. The number of carbonyl (C=O) groups excluding carboxylic acids is 1. The standard InChI is InChI=1S/C13H15ClN2O2.ClH/c1-8-9-4-3-5-10(14)12(9)18-11(8)13(17)16-7-6-15-2;/h3-5,15H,6-7H2,1-2H3,(H,16,17);1H. The maximum Gasteiger partial charge on any atom is 0.287 e. The van der Waals surface area contributed by atoms with Gasteiger partial charge in [0.05, 0.1) is 5.02 Å². The van der Waals surface area contributed by atoms with Gasteiger partial charge in [-0.3, -0.25) is 4.79 Å². The van der Waals surface area contributed by atoms with E-state index >= 15 is 0 Å². The SMILES string of the molecule is CNCCNC(=O)c1oc2c(Cl)cccc2c1C.Cl. The van der Waals surface area contributed by atoms with Gasteiger partial charge in [0.15, 0.2) is 11.3 Å². The van der Waals surface area contributed by atoms with Crippen LogP contribution in [-0.2, 0) is 0 Å². The number of halogens is 2. The predicted octanol–water partition coefficient (Wildman–Crippen LogP) is 2.77. The second kappa shape index (κ2) is 6.80. The van der Waals surface area contributed by atoms with Crippen LogP contribution in [0.4, 0.5) is 0 Å². The van der Waals surface area contributed by atoms with Gasteiger partial charge in [0.25, 0.3) is 5.91 Å². The summed E-state index contributed by atoms with van der Waals surface area (Å²) in [6, 6.07) is 5.48. The molecule has 19 heavy (non-hydrogen) atoms. The van der Waals surface area contributed by atoms with Crippen LogP contribution >= 0.6 is 24.0 Å². The number of hydrogen-bond acceptors (Lipinski definition) is 3. The number of rotatable bonds is 4. The molecule has 2 rings (SSSR count). The predicted molar refractivity (Wildman–Crippen MR) is 79.5 cm³/mol. The molecule has 0 fully saturated rings. The van der Waals surface area contributed by atoms with Gasteiger partial charge in [-0.25, -0.2) is 0 Å². The van der Waals surface area contributed by atoms with E-state index < -0.39 is 0 Å². The molecule has 1 aromatic heterocycles. The Bertz CT molecular complexity index is 581. The van der Waals surface area contributed by atoms with E-state index in [2.05, 4.69) is 10.6 Å². The third-order valence-electron chi connectivity index (χ3n) is 2.78. The summed E-state index contributed by atoms with van der Waals surface area (Å²) in [5, 5.41) is 7.14. The van der Waals surface area contributed by atoms with Gasteiger partial charge >= 0.3 is 0 Å². The van der Waals surface area contributed by atoms with Crippen molar-refractivity contribution in [2.75, 3.05) is 20.1 Å². The van der Waals surface area contributed by atoms with E-state index in [1.807, 2.05) is 26.1 Å². The maximum absolute atomic E-state index is 11.9. The van der Waals surface area contributed by atoms with E-state index in [0.29, 0.717) is 29.5 Å². The van der Waals surface area contributed by atoms with Gasteiger partial charge in [0, 0.05) is 24.0 Å². The van der Waals surface area contributed by atoms with E-state index in [1.54, 1.807) is 6.07 Å². The molecule has 104 valence electrons. The summed E-state index contributed by atoms with van der Waals surface area (Å²) in [7, 11) is 1.83. The molecule has 0 aliphatic heterocycles. The molecule has 0 spiro atoms. The zero-order valence-corrected chi connectivity index (χ0v) is 12.3. The van der Waals surface area contributed by atoms with Crippen molar-refractivity contribution in [3.8, 4) is 0 Å². The lowest BCUT2D eigenvalue weighted by molar-refractivity contribution is 0.0928. The highest BCUT2D eigenvalue weighted by Gasteiger charge is 2.18. The van der Waals surface area contributed by atoms with Crippen molar-refractivity contribution in [3.05, 3.63) is 34.5 Å². The van der Waals surface area contributed by atoms with Crippen LogP contribution in [0.15, 0.2) is 22.6 Å². The largest absolute Gasteiger partial charge is 0.449 e. The molecule has 0 saturated carbocycles. The van der Waals surface area contributed by atoms with E-state index in [1.165, 1.54) is 0 Å². The van der Waals surface area contributed by atoms with Crippen LogP contribution in [0.5, 0.6) is 0 Å². The summed E-state index contributed by atoms with van der Waals surface area (Å²) in [5.41, 5.74) is 1.38. The van der Waals surface area contributed by atoms with E-state index in [-0.39, 0.29) is 18.3 Å². The van der Waals surface area contributed by atoms with Crippen molar-refractivity contribution in [3.63, 3.8) is 0 Å². The monoisotopic (exact) mass is 302 g/mol. The molecular weight excluding hydrogens is 287 g/mol. The first-order chi connectivity index (χ1) is 8.65. The summed E-state index contributed by atoms with van der Waals surface area (Å²) in [6.45, 7) is 3.13. The Morgan fingerprint density at radius 2 is 2.11 bits per heavy atom. The Kier molecular flexibility index (Phi) is 5.66. The number of aryl methyl sites for hydroxylation is 1. The van der Waals surface area contributed by atoms with Gasteiger partial charge in [-0.2, -0.15) is 0 Å². The Labute approximate surface area is 122 Å². The first kappa shape index (κ1) is 15.8. The van der Waals surface area contributed by atoms with Crippen molar-refractivity contribution in [1.82, 2.24) is 10.6 Å². The molecular formula is C13H16Cl2N2O2. The summed E-state index contributed by atoms with van der Waals surface area (Å²) >= 11 is 6.04. The van der Waals surface area contributed by atoms with Crippen LogP contribution in [0.2, 0.25) is 5.02 Å². The van der Waals surface area contributed by atoms with Crippen LogP contribution in [-0.4, -0.2) is 26.0 Å². The summed E-state index contributed by atoms with van der Waals surface area (Å²) < 4.78 is 5.56. The van der Waals surface area contributed by atoms with Crippen LogP contribution in [0.1, 0.15) is 16.1 Å². The van der Waals surface area contributed by atoms with Gasteiger partial charge in [-0.1, -0.05) is 23.7 Å². The Morgan fingerprint density at radius 1 is 1.37 bits per heavy atom. The molecule has 0 aliphatic carbocycles. The lowest BCUT2D eigenvalue weighted by Crippen LogP contribution is -2.30.